The molecule has 0 aromatic carbocycles. The number of amides is 1. The lowest BCUT2D eigenvalue weighted by Crippen LogP contribution is -2.36. The molecule has 0 fully saturated rings. The third-order valence-electron chi connectivity index (χ3n) is 3.39. The maximum absolute atomic E-state index is 12.2. The summed E-state index contributed by atoms with van der Waals surface area (Å²) in [6.07, 6.45) is 6.57. The average molecular weight is 297 g/mol. The molecule has 0 saturated heterocycles. The first-order valence-corrected chi connectivity index (χ1v) is 6.87. The van der Waals surface area contributed by atoms with E-state index in [1.807, 2.05) is 19.1 Å². The highest BCUT2D eigenvalue weighted by Gasteiger charge is 2.12. The third kappa shape index (κ3) is 2.73. The molecular formula is C15H15N5O2. The van der Waals surface area contributed by atoms with Crippen molar-refractivity contribution in [2.45, 2.75) is 19.5 Å². The summed E-state index contributed by atoms with van der Waals surface area (Å²) in [5.41, 5.74) is 1.26. The predicted molar refractivity (Wildman–Crippen MR) is 80.2 cm³/mol. The zero-order chi connectivity index (χ0) is 15.5. The van der Waals surface area contributed by atoms with Crippen molar-refractivity contribution in [2.24, 2.45) is 0 Å². The summed E-state index contributed by atoms with van der Waals surface area (Å²) in [7, 11) is 0. The predicted octanol–water partition coefficient (Wildman–Crippen LogP) is 0.768. The van der Waals surface area contributed by atoms with Crippen LogP contribution in [-0.4, -0.2) is 25.1 Å². The van der Waals surface area contributed by atoms with E-state index in [1.54, 1.807) is 36.9 Å². The highest BCUT2D eigenvalue weighted by atomic mass is 16.2. The van der Waals surface area contributed by atoms with Gasteiger partial charge in [-0.15, -0.1) is 0 Å². The van der Waals surface area contributed by atoms with Crippen LogP contribution in [0, 0.1) is 0 Å². The Bertz CT molecular complexity index is 853. The lowest BCUT2D eigenvalue weighted by atomic mass is 10.1. The number of nitrogens with one attached hydrogen (secondary N) is 1. The highest BCUT2D eigenvalue weighted by Crippen LogP contribution is 2.09. The molecule has 3 heterocycles. The molecule has 3 aromatic rings. The van der Waals surface area contributed by atoms with Crippen molar-refractivity contribution in [3.8, 4) is 0 Å². The number of hydrogen-bond donors (Lipinski definition) is 1. The van der Waals surface area contributed by atoms with Gasteiger partial charge in [0.15, 0.2) is 0 Å². The maximum Gasteiger partial charge on any atom is 0.349 e. The van der Waals surface area contributed by atoms with Crippen LogP contribution in [-0.2, 0) is 11.3 Å². The average Bonchev–Trinajstić information content (AvgIpc) is 3.00. The molecule has 7 heteroatoms. The summed E-state index contributed by atoms with van der Waals surface area (Å²) in [5.74, 6) is -0.280. The van der Waals surface area contributed by atoms with Crippen LogP contribution in [0.3, 0.4) is 0 Å². The van der Waals surface area contributed by atoms with Crippen LogP contribution in [0.25, 0.3) is 5.52 Å². The van der Waals surface area contributed by atoms with Gasteiger partial charge in [0.1, 0.15) is 6.54 Å². The van der Waals surface area contributed by atoms with Crippen molar-refractivity contribution in [1.29, 1.82) is 0 Å². The minimum Gasteiger partial charge on any atom is -0.348 e. The molecule has 22 heavy (non-hydrogen) atoms. The number of rotatable bonds is 4. The van der Waals surface area contributed by atoms with E-state index < -0.39 is 0 Å². The summed E-state index contributed by atoms with van der Waals surface area (Å²) >= 11 is 0. The number of nitrogens with zero attached hydrogens (tertiary/aromatic N) is 4. The van der Waals surface area contributed by atoms with E-state index in [2.05, 4.69) is 15.4 Å². The summed E-state index contributed by atoms with van der Waals surface area (Å²) < 4.78 is 2.59. The molecule has 1 atom stereocenters. The Labute approximate surface area is 126 Å². The number of aromatic nitrogens is 4. The fourth-order valence-electron chi connectivity index (χ4n) is 2.22. The number of hydrogen-bond acceptors (Lipinski definition) is 4. The van der Waals surface area contributed by atoms with Crippen LogP contribution in [0.4, 0.5) is 0 Å². The van der Waals surface area contributed by atoms with Gasteiger partial charge in [-0.1, -0.05) is 6.07 Å². The van der Waals surface area contributed by atoms with E-state index in [9.17, 15) is 9.59 Å². The second-order valence-electron chi connectivity index (χ2n) is 4.96. The van der Waals surface area contributed by atoms with Gasteiger partial charge < -0.3 is 5.32 Å². The Balaban J connectivity index is 1.73. The van der Waals surface area contributed by atoms with Crippen LogP contribution in [0.1, 0.15) is 18.5 Å². The molecule has 0 aliphatic rings. The monoisotopic (exact) mass is 297 g/mol. The van der Waals surface area contributed by atoms with Crippen molar-refractivity contribution in [1.82, 2.24) is 24.5 Å². The van der Waals surface area contributed by atoms with Crippen molar-refractivity contribution >= 4 is 11.4 Å². The van der Waals surface area contributed by atoms with Crippen LogP contribution in [0.2, 0.25) is 0 Å². The minimum atomic E-state index is -0.341. The lowest BCUT2D eigenvalue weighted by molar-refractivity contribution is -0.122. The first-order chi connectivity index (χ1) is 10.6. The molecule has 0 bridgehead atoms. The van der Waals surface area contributed by atoms with Crippen molar-refractivity contribution < 1.29 is 4.79 Å². The van der Waals surface area contributed by atoms with Crippen LogP contribution in [0.5, 0.6) is 0 Å². The van der Waals surface area contributed by atoms with Gasteiger partial charge in [-0.3, -0.25) is 14.2 Å². The smallest absolute Gasteiger partial charge is 0.348 e. The Kier molecular flexibility index (Phi) is 3.69. The SMILES string of the molecule is C[C@H](NC(=O)Cn1ncc2cccn2c1=O)c1cccnc1. The standard InChI is InChI=1S/C15H15N5O2/c1-11(12-4-2-6-16-8-12)18-14(21)10-20-15(22)19-7-3-5-13(19)9-17-20/h2-9,11H,10H2,1H3,(H,18,21)/t11-/m0/s1. The van der Waals surface area contributed by atoms with E-state index in [1.165, 1.54) is 4.40 Å². The van der Waals surface area contributed by atoms with E-state index in [0.717, 1.165) is 10.2 Å². The lowest BCUT2D eigenvalue weighted by Gasteiger charge is -2.14. The zero-order valence-electron chi connectivity index (χ0n) is 12.0. The van der Waals surface area contributed by atoms with Crippen molar-refractivity contribution in [3.63, 3.8) is 0 Å². The Morgan fingerprint density at radius 2 is 2.18 bits per heavy atom. The van der Waals surface area contributed by atoms with Gasteiger partial charge in [-0.05, 0) is 30.7 Å². The highest BCUT2D eigenvalue weighted by molar-refractivity contribution is 5.76. The fraction of sp³-hybridized carbons (Fsp3) is 0.200. The Morgan fingerprint density at radius 3 is 2.95 bits per heavy atom. The number of fused-ring (bicyclic) bond motifs is 1. The summed E-state index contributed by atoms with van der Waals surface area (Å²) in [6.45, 7) is 1.73. The van der Waals surface area contributed by atoms with Crippen LogP contribution in [0.15, 0.2) is 53.8 Å². The normalized spacial score (nSPS) is 12.2. The number of carbonyl (C=O) groups is 1. The molecule has 0 unspecified atom stereocenters. The molecular weight excluding hydrogens is 282 g/mol. The molecule has 0 aliphatic heterocycles. The topological polar surface area (TPSA) is 81.3 Å². The molecule has 0 aliphatic carbocycles. The third-order valence-corrected chi connectivity index (χ3v) is 3.39. The van der Waals surface area contributed by atoms with Crippen molar-refractivity contribution in [2.75, 3.05) is 0 Å². The van der Waals surface area contributed by atoms with E-state index >= 15 is 0 Å². The van der Waals surface area contributed by atoms with Crippen LogP contribution < -0.4 is 11.0 Å². The van der Waals surface area contributed by atoms with E-state index in [4.69, 9.17) is 0 Å². The molecule has 1 amide bonds. The Hall–Kier alpha value is -2.96. The molecule has 3 aromatic heterocycles. The van der Waals surface area contributed by atoms with Crippen molar-refractivity contribution in [3.05, 3.63) is 65.1 Å². The fourth-order valence-corrected chi connectivity index (χ4v) is 2.22. The van der Waals surface area contributed by atoms with Gasteiger partial charge in [0.2, 0.25) is 5.91 Å². The molecule has 3 rings (SSSR count). The van der Waals surface area contributed by atoms with Gasteiger partial charge in [-0.25, -0.2) is 9.48 Å². The molecule has 0 spiro atoms. The first-order valence-electron chi connectivity index (χ1n) is 6.87. The second-order valence-corrected chi connectivity index (χ2v) is 4.96. The van der Waals surface area contributed by atoms with Gasteiger partial charge in [0.25, 0.3) is 0 Å². The summed E-state index contributed by atoms with van der Waals surface area (Å²) in [4.78, 5) is 28.3. The van der Waals surface area contributed by atoms with E-state index in [0.29, 0.717) is 5.52 Å². The minimum absolute atomic E-state index is 0.127. The zero-order valence-corrected chi connectivity index (χ0v) is 12.0. The molecule has 0 radical (unpaired) electrons. The number of pyridine rings is 1. The summed E-state index contributed by atoms with van der Waals surface area (Å²) in [5, 5.41) is 6.83. The summed E-state index contributed by atoms with van der Waals surface area (Å²) in [6, 6.07) is 7.04. The second kappa shape index (κ2) is 5.80. The molecule has 0 saturated carbocycles. The van der Waals surface area contributed by atoms with E-state index in [-0.39, 0.29) is 24.2 Å². The molecule has 7 nitrogen and oxygen atoms in total. The van der Waals surface area contributed by atoms with Gasteiger partial charge in [0.05, 0.1) is 17.8 Å². The number of carbonyl (C=O) groups excluding carboxylic acids is 1. The largest absolute Gasteiger partial charge is 0.349 e. The van der Waals surface area contributed by atoms with Gasteiger partial charge in [-0.2, -0.15) is 5.10 Å². The van der Waals surface area contributed by atoms with Gasteiger partial charge >= 0.3 is 5.69 Å². The quantitative estimate of drug-likeness (QED) is 0.771. The molecule has 1 N–H and O–H groups in total. The maximum atomic E-state index is 12.2. The molecule has 112 valence electrons. The van der Waals surface area contributed by atoms with Crippen LogP contribution >= 0.6 is 0 Å². The Morgan fingerprint density at radius 1 is 1.32 bits per heavy atom. The first kappa shape index (κ1) is 14.0. The van der Waals surface area contributed by atoms with Gasteiger partial charge in [0, 0.05) is 18.6 Å².